The second-order valence-electron chi connectivity index (χ2n) is 4.25. The molecule has 0 spiro atoms. The summed E-state index contributed by atoms with van der Waals surface area (Å²) in [6, 6.07) is 6.92. The molecule has 3 rings (SSSR count). The molecule has 0 aliphatic rings. The second kappa shape index (κ2) is 5.42. The van der Waals surface area contributed by atoms with Crippen molar-refractivity contribution in [2.45, 2.75) is 6.42 Å². The summed E-state index contributed by atoms with van der Waals surface area (Å²) in [6.45, 7) is 0. The Morgan fingerprint density at radius 2 is 2.00 bits per heavy atom. The van der Waals surface area contributed by atoms with E-state index in [9.17, 15) is 8.78 Å². The number of nitriles is 1. The van der Waals surface area contributed by atoms with Crippen molar-refractivity contribution < 1.29 is 13.3 Å². The van der Waals surface area contributed by atoms with Crippen molar-refractivity contribution in [3.63, 3.8) is 0 Å². The van der Waals surface area contributed by atoms with Crippen LogP contribution in [-0.2, 0) is 6.42 Å². The van der Waals surface area contributed by atoms with E-state index in [-0.39, 0.29) is 12.3 Å². The summed E-state index contributed by atoms with van der Waals surface area (Å²) in [5.41, 5.74) is 0.860. The van der Waals surface area contributed by atoms with Crippen LogP contribution in [0.4, 0.5) is 8.78 Å². The Morgan fingerprint density at radius 1 is 1.24 bits per heavy atom. The Kier molecular flexibility index (Phi) is 3.46. The number of rotatable bonds is 3. The Labute approximate surface area is 122 Å². The molecule has 1 aromatic carbocycles. The number of hydrogen-bond acceptors (Lipinski definition) is 5. The molecule has 21 heavy (non-hydrogen) atoms. The number of benzene rings is 1. The van der Waals surface area contributed by atoms with Gasteiger partial charge in [0.05, 0.1) is 5.56 Å². The predicted molar refractivity (Wildman–Crippen MR) is 71.5 cm³/mol. The molecule has 0 aliphatic carbocycles. The lowest BCUT2D eigenvalue weighted by atomic mass is 10.1. The first-order chi connectivity index (χ1) is 10.2. The lowest BCUT2D eigenvalue weighted by molar-refractivity contribution is 0.424. The maximum atomic E-state index is 13.1. The largest absolute Gasteiger partial charge is 0.333 e. The lowest BCUT2D eigenvalue weighted by Crippen LogP contribution is -1.93. The fourth-order valence-electron chi connectivity index (χ4n) is 1.88. The molecular formula is C14H7F2N3OS. The zero-order valence-corrected chi connectivity index (χ0v) is 11.3. The third-order valence-corrected chi connectivity index (χ3v) is 3.63. The summed E-state index contributed by atoms with van der Waals surface area (Å²) in [5, 5.41) is 14.5. The van der Waals surface area contributed by atoms with Gasteiger partial charge in [0.1, 0.15) is 22.6 Å². The van der Waals surface area contributed by atoms with Crippen LogP contribution in [0, 0.1) is 23.0 Å². The summed E-state index contributed by atoms with van der Waals surface area (Å²) in [4.78, 5) is 4.74. The minimum atomic E-state index is -0.654. The van der Waals surface area contributed by atoms with Gasteiger partial charge in [-0.2, -0.15) is 10.2 Å². The SMILES string of the molecule is N#Cc1ccsc1-c1nc(Cc2cc(F)cc(F)c2)no1. The number of nitrogens with zero attached hydrogens (tertiary/aromatic N) is 3. The van der Waals surface area contributed by atoms with E-state index in [1.165, 1.54) is 23.5 Å². The van der Waals surface area contributed by atoms with Gasteiger partial charge in [-0.25, -0.2) is 8.78 Å². The van der Waals surface area contributed by atoms with Gasteiger partial charge in [-0.15, -0.1) is 11.3 Å². The van der Waals surface area contributed by atoms with Gasteiger partial charge < -0.3 is 4.52 Å². The monoisotopic (exact) mass is 303 g/mol. The van der Waals surface area contributed by atoms with E-state index in [0.717, 1.165) is 6.07 Å². The van der Waals surface area contributed by atoms with Crippen LogP contribution in [0.2, 0.25) is 0 Å². The van der Waals surface area contributed by atoms with Crippen molar-refractivity contribution in [3.8, 4) is 16.8 Å². The minimum absolute atomic E-state index is 0.144. The van der Waals surface area contributed by atoms with Crippen molar-refractivity contribution in [3.05, 3.63) is 58.2 Å². The van der Waals surface area contributed by atoms with Gasteiger partial charge in [0, 0.05) is 12.5 Å². The van der Waals surface area contributed by atoms with E-state index in [4.69, 9.17) is 9.78 Å². The topological polar surface area (TPSA) is 62.7 Å². The fraction of sp³-hybridized carbons (Fsp3) is 0.0714. The van der Waals surface area contributed by atoms with Crippen molar-refractivity contribution in [2.24, 2.45) is 0 Å². The highest BCUT2D eigenvalue weighted by atomic mass is 32.1. The highest BCUT2D eigenvalue weighted by Gasteiger charge is 2.15. The molecule has 0 bridgehead atoms. The van der Waals surface area contributed by atoms with Crippen LogP contribution in [-0.4, -0.2) is 10.1 Å². The molecule has 0 N–H and O–H groups in total. The summed E-state index contributed by atoms with van der Waals surface area (Å²) in [6.07, 6.45) is 0.144. The summed E-state index contributed by atoms with van der Waals surface area (Å²) in [7, 11) is 0. The second-order valence-corrected chi connectivity index (χ2v) is 5.16. The molecular weight excluding hydrogens is 296 g/mol. The molecule has 104 valence electrons. The van der Waals surface area contributed by atoms with Gasteiger partial charge in [0.2, 0.25) is 0 Å². The van der Waals surface area contributed by atoms with E-state index < -0.39 is 11.6 Å². The number of aromatic nitrogens is 2. The van der Waals surface area contributed by atoms with Crippen LogP contribution < -0.4 is 0 Å². The maximum Gasteiger partial charge on any atom is 0.269 e. The first kappa shape index (κ1) is 13.4. The van der Waals surface area contributed by atoms with Crippen LogP contribution in [0.1, 0.15) is 17.0 Å². The van der Waals surface area contributed by atoms with Gasteiger partial charge >= 0.3 is 0 Å². The van der Waals surface area contributed by atoms with Crippen LogP contribution in [0.25, 0.3) is 10.8 Å². The van der Waals surface area contributed by atoms with Crippen molar-refractivity contribution >= 4 is 11.3 Å². The van der Waals surface area contributed by atoms with E-state index in [2.05, 4.69) is 10.1 Å². The van der Waals surface area contributed by atoms with E-state index in [0.29, 0.717) is 21.8 Å². The van der Waals surface area contributed by atoms with E-state index in [1.54, 1.807) is 11.4 Å². The van der Waals surface area contributed by atoms with Crippen molar-refractivity contribution in [2.75, 3.05) is 0 Å². The Balaban J connectivity index is 1.87. The molecule has 2 heterocycles. The van der Waals surface area contributed by atoms with E-state index >= 15 is 0 Å². The number of thiophene rings is 1. The Bertz CT molecular complexity index is 815. The van der Waals surface area contributed by atoms with Crippen LogP contribution in [0.3, 0.4) is 0 Å². The number of hydrogen-bond donors (Lipinski definition) is 0. The summed E-state index contributed by atoms with van der Waals surface area (Å²) < 4.78 is 31.3. The molecule has 0 fully saturated rings. The molecule has 0 amide bonds. The van der Waals surface area contributed by atoms with Gasteiger partial charge in [0.25, 0.3) is 5.89 Å². The average Bonchev–Trinajstić information content (AvgIpc) is 3.05. The van der Waals surface area contributed by atoms with Crippen LogP contribution in [0.5, 0.6) is 0 Å². The van der Waals surface area contributed by atoms with Gasteiger partial charge in [-0.3, -0.25) is 0 Å². The molecule has 0 saturated heterocycles. The lowest BCUT2D eigenvalue weighted by Gasteiger charge is -1.97. The van der Waals surface area contributed by atoms with Gasteiger partial charge in [-0.05, 0) is 29.1 Å². The summed E-state index contributed by atoms with van der Waals surface area (Å²) in [5.74, 6) is -0.779. The fourth-order valence-corrected chi connectivity index (χ4v) is 2.64. The van der Waals surface area contributed by atoms with Crippen LogP contribution >= 0.6 is 11.3 Å². The third kappa shape index (κ3) is 2.80. The molecule has 0 aliphatic heterocycles. The zero-order chi connectivity index (χ0) is 14.8. The molecule has 3 aromatic rings. The van der Waals surface area contributed by atoms with Crippen molar-refractivity contribution in [1.29, 1.82) is 5.26 Å². The molecule has 0 atom stereocenters. The Hall–Kier alpha value is -2.59. The van der Waals surface area contributed by atoms with Gasteiger partial charge in [0.15, 0.2) is 5.82 Å². The molecule has 2 aromatic heterocycles. The third-order valence-electron chi connectivity index (χ3n) is 2.73. The molecule has 0 unspecified atom stereocenters. The summed E-state index contributed by atoms with van der Waals surface area (Å²) >= 11 is 1.31. The molecule has 0 radical (unpaired) electrons. The maximum absolute atomic E-state index is 13.1. The molecule has 4 nitrogen and oxygen atoms in total. The zero-order valence-electron chi connectivity index (χ0n) is 10.5. The minimum Gasteiger partial charge on any atom is -0.333 e. The first-order valence-corrected chi connectivity index (χ1v) is 6.79. The molecule has 0 saturated carbocycles. The van der Waals surface area contributed by atoms with Crippen molar-refractivity contribution in [1.82, 2.24) is 10.1 Å². The molecule has 7 heteroatoms. The highest BCUT2D eigenvalue weighted by Crippen LogP contribution is 2.27. The smallest absolute Gasteiger partial charge is 0.269 e. The standard InChI is InChI=1S/C14H7F2N3OS/c15-10-3-8(4-11(16)6-10)5-12-18-14(20-19-12)13-9(7-17)1-2-21-13/h1-4,6H,5H2. The van der Waals surface area contributed by atoms with Crippen LogP contribution in [0.15, 0.2) is 34.2 Å². The Morgan fingerprint density at radius 3 is 2.71 bits per heavy atom. The average molecular weight is 303 g/mol. The highest BCUT2D eigenvalue weighted by molar-refractivity contribution is 7.13. The van der Waals surface area contributed by atoms with E-state index in [1.807, 2.05) is 6.07 Å². The normalized spacial score (nSPS) is 10.5. The first-order valence-electron chi connectivity index (χ1n) is 5.91. The number of halogens is 2. The predicted octanol–water partition coefficient (Wildman–Crippen LogP) is 3.54. The van der Waals surface area contributed by atoms with Gasteiger partial charge in [-0.1, -0.05) is 5.16 Å². The quantitative estimate of drug-likeness (QED) is 0.742.